The molecule has 1 aromatic heterocycles. The molecule has 0 aliphatic heterocycles. The van der Waals surface area contributed by atoms with E-state index in [9.17, 15) is 24.1 Å². The van der Waals surface area contributed by atoms with E-state index >= 15 is 0 Å². The summed E-state index contributed by atoms with van der Waals surface area (Å²) >= 11 is 0. The monoisotopic (exact) mass is 358 g/mol. The molecule has 2 aromatic carbocycles. The number of aromatic nitrogens is 2. The fourth-order valence-corrected chi connectivity index (χ4v) is 2.23. The predicted octanol–water partition coefficient (Wildman–Crippen LogP) is 2.41. The van der Waals surface area contributed by atoms with Crippen LogP contribution in [0.2, 0.25) is 0 Å². The van der Waals surface area contributed by atoms with Crippen molar-refractivity contribution in [3.63, 3.8) is 0 Å². The number of halogens is 1. The summed E-state index contributed by atoms with van der Waals surface area (Å²) in [6.07, 6.45) is 0. The van der Waals surface area contributed by atoms with Crippen molar-refractivity contribution < 1.29 is 23.6 Å². The number of nitro groups is 1. The number of hydrogen-bond acceptors (Lipinski definition) is 6. The van der Waals surface area contributed by atoms with E-state index in [-0.39, 0.29) is 17.1 Å². The number of benzene rings is 2. The number of nitro benzene ring substituents is 1. The maximum atomic E-state index is 13.6. The zero-order valence-corrected chi connectivity index (χ0v) is 13.1. The van der Waals surface area contributed by atoms with Crippen LogP contribution in [0.5, 0.6) is 0 Å². The summed E-state index contributed by atoms with van der Waals surface area (Å²) in [4.78, 5) is 33.8. The molecule has 1 heterocycles. The van der Waals surface area contributed by atoms with Crippen LogP contribution in [0.25, 0.3) is 10.9 Å². The maximum absolute atomic E-state index is 13.6. The van der Waals surface area contributed by atoms with Crippen LogP contribution in [-0.4, -0.2) is 33.6 Å². The van der Waals surface area contributed by atoms with Crippen molar-refractivity contribution in [2.75, 3.05) is 11.9 Å². The van der Waals surface area contributed by atoms with Crippen molar-refractivity contribution in [2.45, 2.75) is 0 Å². The molecule has 0 saturated carbocycles. The number of rotatable bonds is 5. The zero-order chi connectivity index (χ0) is 18.7. The van der Waals surface area contributed by atoms with E-state index < -0.39 is 29.2 Å². The molecule has 26 heavy (non-hydrogen) atoms. The third-order valence-electron chi connectivity index (χ3n) is 3.43. The van der Waals surface area contributed by atoms with Crippen LogP contribution in [0.1, 0.15) is 10.5 Å². The maximum Gasteiger partial charge on any atom is 0.359 e. The van der Waals surface area contributed by atoms with Gasteiger partial charge < -0.3 is 10.1 Å². The number of nitrogens with zero attached hydrogens (tertiary/aromatic N) is 2. The van der Waals surface area contributed by atoms with Crippen LogP contribution < -0.4 is 5.32 Å². The second kappa shape index (κ2) is 6.97. The number of anilines is 1. The summed E-state index contributed by atoms with van der Waals surface area (Å²) in [5.41, 5.74) is -0.135. The quantitative estimate of drug-likeness (QED) is 0.409. The number of ether oxygens (including phenoxy) is 1. The van der Waals surface area contributed by atoms with Crippen LogP contribution in [0, 0.1) is 15.9 Å². The summed E-state index contributed by atoms with van der Waals surface area (Å²) in [6, 6.07) is 9.55. The van der Waals surface area contributed by atoms with Crippen molar-refractivity contribution in [1.29, 1.82) is 0 Å². The van der Waals surface area contributed by atoms with Gasteiger partial charge >= 0.3 is 5.97 Å². The van der Waals surface area contributed by atoms with Crippen LogP contribution in [0.3, 0.4) is 0 Å². The molecule has 0 saturated heterocycles. The SMILES string of the molecule is O=C(COC(=O)c1n[nH]c2ccccc12)Nc1cc([N+](=O)[O-])ccc1F. The van der Waals surface area contributed by atoms with Gasteiger partial charge in [-0.05, 0) is 12.1 Å². The summed E-state index contributed by atoms with van der Waals surface area (Å²) in [6.45, 7) is -0.706. The molecule has 3 rings (SSSR count). The standard InChI is InChI=1S/C16H11FN4O5/c17-11-6-5-9(21(24)25)7-13(11)18-14(22)8-26-16(23)15-10-3-1-2-4-12(10)19-20-15/h1-7H,8H2,(H,18,22)(H,19,20). The van der Waals surface area contributed by atoms with Crippen molar-refractivity contribution in [1.82, 2.24) is 10.2 Å². The number of non-ortho nitro benzene ring substituents is 1. The van der Waals surface area contributed by atoms with E-state index in [1.54, 1.807) is 24.3 Å². The first-order valence-electron chi connectivity index (χ1n) is 7.29. The molecule has 9 nitrogen and oxygen atoms in total. The topological polar surface area (TPSA) is 127 Å². The van der Waals surface area contributed by atoms with Gasteiger partial charge in [0.05, 0.1) is 16.1 Å². The Labute approximate surface area is 144 Å². The van der Waals surface area contributed by atoms with E-state index in [0.717, 1.165) is 18.2 Å². The first-order valence-corrected chi connectivity index (χ1v) is 7.29. The van der Waals surface area contributed by atoms with Gasteiger partial charge in [-0.15, -0.1) is 0 Å². The zero-order valence-electron chi connectivity index (χ0n) is 13.1. The Kier molecular flexibility index (Phi) is 4.56. The van der Waals surface area contributed by atoms with Gasteiger partial charge in [-0.25, -0.2) is 9.18 Å². The molecule has 0 fully saturated rings. The summed E-state index contributed by atoms with van der Waals surface area (Å²) in [5.74, 6) is -2.54. The Morgan fingerprint density at radius 3 is 2.81 bits per heavy atom. The predicted molar refractivity (Wildman–Crippen MR) is 88.1 cm³/mol. The Morgan fingerprint density at radius 1 is 1.27 bits per heavy atom. The van der Waals surface area contributed by atoms with Crippen molar-refractivity contribution >= 4 is 34.2 Å². The molecular weight excluding hydrogens is 347 g/mol. The minimum atomic E-state index is -0.853. The molecule has 10 heteroatoms. The number of esters is 1. The lowest BCUT2D eigenvalue weighted by Gasteiger charge is -2.07. The fourth-order valence-electron chi connectivity index (χ4n) is 2.23. The molecule has 0 atom stereocenters. The van der Waals surface area contributed by atoms with Gasteiger partial charge in [-0.3, -0.25) is 20.0 Å². The summed E-state index contributed by atoms with van der Waals surface area (Å²) < 4.78 is 18.5. The summed E-state index contributed by atoms with van der Waals surface area (Å²) in [7, 11) is 0. The van der Waals surface area contributed by atoms with Crippen LogP contribution >= 0.6 is 0 Å². The second-order valence-electron chi connectivity index (χ2n) is 5.16. The third kappa shape index (κ3) is 3.48. The van der Waals surface area contributed by atoms with Crippen molar-refractivity contribution in [2.24, 2.45) is 0 Å². The minimum Gasteiger partial charge on any atom is -0.451 e. The van der Waals surface area contributed by atoms with Crippen molar-refractivity contribution in [3.8, 4) is 0 Å². The highest BCUT2D eigenvalue weighted by Crippen LogP contribution is 2.21. The first kappa shape index (κ1) is 17.0. The lowest BCUT2D eigenvalue weighted by Crippen LogP contribution is -2.21. The van der Waals surface area contributed by atoms with Gasteiger partial charge in [-0.1, -0.05) is 18.2 Å². The molecule has 0 unspecified atom stereocenters. The van der Waals surface area contributed by atoms with Gasteiger partial charge in [0.25, 0.3) is 11.6 Å². The second-order valence-corrected chi connectivity index (χ2v) is 5.16. The highest BCUT2D eigenvalue weighted by atomic mass is 19.1. The Morgan fingerprint density at radius 2 is 2.04 bits per heavy atom. The molecule has 0 bridgehead atoms. The molecule has 2 N–H and O–H groups in total. The molecule has 132 valence electrons. The van der Waals surface area contributed by atoms with Gasteiger partial charge in [0.1, 0.15) is 5.82 Å². The lowest BCUT2D eigenvalue weighted by molar-refractivity contribution is -0.384. The van der Waals surface area contributed by atoms with Gasteiger partial charge in [0, 0.05) is 17.5 Å². The molecule has 0 radical (unpaired) electrons. The Hall–Kier alpha value is -3.82. The number of carbonyl (C=O) groups excluding carboxylic acids is 2. The number of H-pyrrole nitrogens is 1. The minimum absolute atomic E-state index is 0.00919. The van der Waals surface area contributed by atoms with E-state index in [4.69, 9.17) is 4.74 Å². The number of aromatic amines is 1. The number of fused-ring (bicyclic) bond motifs is 1. The highest BCUT2D eigenvalue weighted by molar-refractivity contribution is 6.03. The number of hydrogen-bond donors (Lipinski definition) is 2. The normalized spacial score (nSPS) is 10.5. The third-order valence-corrected chi connectivity index (χ3v) is 3.43. The lowest BCUT2D eigenvalue weighted by atomic mass is 10.2. The van der Waals surface area contributed by atoms with E-state index in [1.165, 1.54) is 0 Å². The highest BCUT2D eigenvalue weighted by Gasteiger charge is 2.18. The molecule has 0 aliphatic carbocycles. The van der Waals surface area contributed by atoms with Crippen LogP contribution in [0.4, 0.5) is 15.8 Å². The molecular formula is C16H11FN4O5. The van der Waals surface area contributed by atoms with E-state index in [1.807, 2.05) is 0 Å². The molecule has 0 spiro atoms. The van der Waals surface area contributed by atoms with Crippen LogP contribution in [-0.2, 0) is 9.53 Å². The average Bonchev–Trinajstić information content (AvgIpc) is 3.05. The van der Waals surface area contributed by atoms with E-state index in [0.29, 0.717) is 10.9 Å². The molecule has 0 aliphatic rings. The van der Waals surface area contributed by atoms with Gasteiger partial charge in [0.15, 0.2) is 12.3 Å². The number of nitrogens with one attached hydrogen (secondary N) is 2. The average molecular weight is 358 g/mol. The smallest absolute Gasteiger partial charge is 0.359 e. The fraction of sp³-hybridized carbons (Fsp3) is 0.0625. The molecule has 1 amide bonds. The molecule has 3 aromatic rings. The first-order chi connectivity index (χ1) is 12.5. The number of carbonyl (C=O) groups is 2. The van der Waals surface area contributed by atoms with E-state index in [2.05, 4.69) is 15.5 Å². The van der Waals surface area contributed by atoms with Crippen molar-refractivity contribution in [3.05, 3.63) is 64.1 Å². The van der Waals surface area contributed by atoms with Gasteiger partial charge in [-0.2, -0.15) is 5.10 Å². The number of amides is 1. The van der Waals surface area contributed by atoms with Crippen LogP contribution in [0.15, 0.2) is 42.5 Å². The summed E-state index contributed by atoms with van der Waals surface area (Å²) in [5, 5.41) is 19.8. The van der Waals surface area contributed by atoms with Gasteiger partial charge in [0.2, 0.25) is 0 Å². The Balaban J connectivity index is 1.65. The largest absolute Gasteiger partial charge is 0.451 e. The Bertz CT molecular complexity index is 1020. The number of para-hydroxylation sites is 1.